The van der Waals surface area contributed by atoms with E-state index in [4.69, 9.17) is 10.5 Å². The average molecular weight is 260 g/mol. The predicted octanol–water partition coefficient (Wildman–Crippen LogP) is 3.08. The third-order valence-electron chi connectivity index (χ3n) is 3.16. The molecule has 77 valence electrons. The zero-order chi connectivity index (χ0) is 8.65. The van der Waals surface area contributed by atoms with E-state index in [1.54, 1.807) is 0 Å². The van der Waals surface area contributed by atoms with Crippen LogP contribution >= 0.6 is 0 Å². The fourth-order valence-corrected chi connectivity index (χ4v) is 1.80. The number of hydrogen-bond acceptors (Lipinski definition) is 1. The van der Waals surface area contributed by atoms with Gasteiger partial charge in [0.25, 0.3) is 0 Å². The Morgan fingerprint density at radius 1 is 1.38 bits per heavy atom. The largest absolute Gasteiger partial charge is 0.672 e. The van der Waals surface area contributed by atoms with Gasteiger partial charge in [-0.1, -0.05) is 13.8 Å². The zero-order valence-corrected chi connectivity index (χ0v) is 12.3. The Bertz CT molecular complexity index is 154. The summed E-state index contributed by atoms with van der Waals surface area (Å²) in [6, 6.07) is -0.0417. The number of nitrogens with one attached hydrogen (secondary N) is 1. The molecule has 0 spiro atoms. The van der Waals surface area contributed by atoms with E-state index < -0.39 is 0 Å². The fraction of sp³-hybridized carbons (Fsp3) is 0.900. The van der Waals surface area contributed by atoms with Crippen LogP contribution in [-0.2, 0) is 37.4 Å². The number of rotatable bonds is 1. The standard InChI is InChI=1S/C9H18NO.CH3.Y/c1-5-9(4)6(2)8(10)7(3)11-9;;/h6-8,10H,5H2,1-4H3;1H3;/q2*-1;. The summed E-state index contributed by atoms with van der Waals surface area (Å²) in [6.45, 7) is 8.35. The molecule has 1 heterocycles. The van der Waals surface area contributed by atoms with Gasteiger partial charge in [0, 0.05) is 38.8 Å². The van der Waals surface area contributed by atoms with E-state index in [0.29, 0.717) is 5.92 Å². The Hall–Kier alpha value is 1.02. The van der Waals surface area contributed by atoms with E-state index >= 15 is 0 Å². The first-order valence-electron chi connectivity index (χ1n) is 4.40. The van der Waals surface area contributed by atoms with E-state index in [1.807, 2.05) is 6.92 Å². The van der Waals surface area contributed by atoms with Crippen LogP contribution in [0.1, 0.15) is 34.1 Å². The van der Waals surface area contributed by atoms with Gasteiger partial charge in [-0.05, 0) is 26.2 Å². The summed E-state index contributed by atoms with van der Waals surface area (Å²) in [5.74, 6) is 0.363. The molecule has 1 radical (unpaired) electrons. The molecule has 2 nitrogen and oxygen atoms in total. The SMILES string of the molecule is CCC1(C)OC(C)C([NH-])C1C.[CH3-].[Y]. The van der Waals surface area contributed by atoms with Crippen LogP contribution in [0.25, 0.3) is 5.73 Å². The quantitative estimate of drug-likeness (QED) is 0.667. The van der Waals surface area contributed by atoms with Crippen LogP contribution in [0.3, 0.4) is 0 Å². The van der Waals surface area contributed by atoms with Crippen molar-refractivity contribution >= 4 is 0 Å². The minimum Gasteiger partial charge on any atom is -0.672 e. The molecule has 0 saturated carbocycles. The molecule has 0 aromatic rings. The number of hydrogen-bond donors (Lipinski definition) is 0. The summed E-state index contributed by atoms with van der Waals surface area (Å²) < 4.78 is 5.73. The summed E-state index contributed by atoms with van der Waals surface area (Å²) in [5.41, 5.74) is 7.73. The minimum absolute atomic E-state index is 0. The van der Waals surface area contributed by atoms with Crippen molar-refractivity contribution in [3.8, 4) is 0 Å². The van der Waals surface area contributed by atoms with Gasteiger partial charge in [-0.2, -0.15) is 0 Å². The first-order chi connectivity index (χ1) is 5.01. The molecule has 1 N–H and O–H groups in total. The van der Waals surface area contributed by atoms with Crippen molar-refractivity contribution in [3.63, 3.8) is 0 Å². The predicted molar refractivity (Wildman–Crippen MR) is 52.9 cm³/mol. The van der Waals surface area contributed by atoms with Gasteiger partial charge in [-0.15, -0.1) is 6.04 Å². The molecule has 0 aromatic heterocycles. The van der Waals surface area contributed by atoms with Crippen LogP contribution < -0.4 is 0 Å². The fourth-order valence-electron chi connectivity index (χ4n) is 1.80. The van der Waals surface area contributed by atoms with Gasteiger partial charge in [0.2, 0.25) is 0 Å². The molecular formula is C10H21NOY-2. The molecule has 13 heavy (non-hydrogen) atoms. The molecule has 1 saturated heterocycles. The van der Waals surface area contributed by atoms with Crippen molar-refractivity contribution < 1.29 is 37.4 Å². The summed E-state index contributed by atoms with van der Waals surface area (Å²) in [7, 11) is 0. The summed E-state index contributed by atoms with van der Waals surface area (Å²) in [4.78, 5) is 0. The van der Waals surface area contributed by atoms with Gasteiger partial charge in [-0.3, -0.25) is 0 Å². The second-order valence-electron chi connectivity index (χ2n) is 3.80. The number of ether oxygens (including phenoxy) is 1. The van der Waals surface area contributed by atoms with Gasteiger partial charge in [-0.25, -0.2) is 0 Å². The van der Waals surface area contributed by atoms with Crippen molar-refractivity contribution in [1.29, 1.82) is 0 Å². The Kier molecular flexibility index (Phi) is 7.34. The van der Waals surface area contributed by atoms with E-state index in [2.05, 4.69) is 20.8 Å². The maximum Gasteiger partial charge on any atom is 0.0667 e. The maximum atomic E-state index is 7.78. The molecule has 1 aliphatic heterocycles. The van der Waals surface area contributed by atoms with Gasteiger partial charge in [0.15, 0.2) is 0 Å². The van der Waals surface area contributed by atoms with Crippen molar-refractivity contribution in [2.45, 2.75) is 51.9 Å². The van der Waals surface area contributed by atoms with Crippen LogP contribution in [0.15, 0.2) is 0 Å². The molecule has 1 fully saturated rings. The first kappa shape index (κ1) is 16.5. The third-order valence-corrected chi connectivity index (χ3v) is 3.16. The van der Waals surface area contributed by atoms with Crippen molar-refractivity contribution in [3.05, 3.63) is 13.2 Å². The molecule has 1 aliphatic rings. The molecule has 0 aliphatic carbocycles. The molecule has 4 atom stereocenters. The molecule has 1 rings (SSSR count). The Labute approximate surface area is 108 Å². The Balaban J connectivity index is 0. The smallest absolute Gasteiger partial charge is 0.0667 e. The van der Waals surface area contributed by atoms with Crippen LogP contribution in [0, 0.1) is 13.3 Å². The van der Waals surface area contributed by atoms with Crippen LogP contribution in [-0.4, -0.2) is 17.7 Å². The molecule has 0 amide bonds. The minimum atomic E-state index is -0.0498. The molecular weight excluding hydrogens is 239 g/mol. The van der Waals surface area contributed by atoms with E-state index in [0.717, 1.165) is 6.42 Å². The molecule has 0 bridgehead atoms. The van der Waals surface area contributed by atoms with Crippen molar-refractivity contribution in [1.82, 2.24) is 0 Å². The van der Waals surface area contributed by atoms with Gasteiger partial charge < -0.3 is 17.9 Å². The van der Waals surface area contributed by atoms with Gasteiger partial charge >= 0.3 is 0 Å². The molecule has 3 heteroatoms. The van der Waals surface area contributed by atoms with Crippen molar-refractivity contribution in [2.75, 3.05) is 0 Å². The normalized spacial score (nSPS) is 43.6. The van der Waals surface area contributed by atoms with E-state index in [9.17, 15) is 0 Å². The maximum absolute atomic E-state index is 7.78. The summed E-state index contributed by atoms with van der Waals surface area (Å²) >= 11 is 0. The second kappa shape index (κ2) is 5.80. The average Bonchev–Trinajstić information content (AvgIpc) is 2.17. The van der Waals surface area contributed by atoms with Gasteiger partial charge in [0.05, 0.1) is 5.60 Å². The monoisotopic (exact) mass is 260 g/mol. The summed E-state index contributed by atoms with van der Waals surface area (Å²) in [6.07, 6.45) is 1.11. The first-order valence-corrected chi connectivity index (χ1v) is 4.40. The third kappa shape index (κ3) is 2.99. The topological polar surface area (TPSA) is 33.0 Å². The van der Waals surface area contributed by atoms with E-state index in [-0.39, 0.29) is 57.9 Å². The van der Waals surface area contributed by atoms with Crippen molar-refractivity contribution in [2.24, 2.45) is 5.92 Å². The second-order valence-corrected chi connectivity index (χ2v) is 3.80. The molecule has 4 unspecified atom stereocenters. The Morgan fingerprint density at radius 2 is 1.85 bits per heavy atom. The van der Waals surface area contributed by atoms with Crippen LogP contribution in [0.2, 0.25) is 0 Å². The summed E-state index contributed by atoms with van der Waals surface area (Å²) in [5, 5.41) is 0. The van der Waals surface area contributed by atoms with E-state index in [1.165, 1.54) is 0 Å². The van der Waals surface area contributed by atoms with Crippen LogP contribution in [0.5, 0.6) is 0 Å². The molecule has 0 aromatic carbocycles. The zero-order valence-electron chi connectivity index (χ0n) is 9.42. The van der Waals surface area contributed by atoms with Crippen LogP contribution in [0.4, 0.5) is 0 Å². The van der Waals surface area contributed by atoms with Gasteiger partial charge in [0.1, 0.15) is 0 Å². The Morgan fingerprint density at radius 3 is 2.00 bits per heavy atom.